The van der Waals surface area contributed by atoms with E-state index in [0.717, 1.165) is 11.6 Å². The normalized spacial score (nSPS) is 11.0. The summed E-state index contributed by atoms with van der Waals surface area (Å²) in [5.41, 5.74) is 7.12. The summed E-state index contributed by atoms with van der Waals surface area (Å²) in [5.74, 6) is -0.283. The Labute approximate surface area is 146 Å². The number of nitrogens with two attached hydrogens (primary N) is 1. The molecule has 0 atom stereocenters. The average molecular weight is 367 g/mol. The van der Waals surface area contributed by atoms with Crippen molar-refractivity contribution < 1.29 is 4.39 Å². The van der Waals surface area contributed by atoms with Gasteiger partial charge in [0.15, 0.2) is 5.82 Å². The zero-order chi connectivity index (χ0) is 17.4. The zero-order valence-corrected chi connectivity index (χ0v) is 14.1. The number of rotatable bonds is 3. The summed E-state index contributed by atoms with van der Waals surface area (Å²) >= 11 is 12.2. The molecule has 0 saturated carbocycles. The highest BCUT2D eigenvalue weighted by atomic mass is 35.5. The molecular weight excluding hydrogens is 354 g/mol. The summed E-state index contributed by atoms with van der Waals surface area (Å²) in [7, 11) is 0. The fourth-order valence-corrected chi connectivity index (χ4v) is 2.68. The smallest absolute Gasteiger partial charge is 0.326 e. The molecule has 3 aromatic rings. The molecule has 24 heavy (non-hydrogen) atoms. The van der Waals surface area contributed by atoms with Gasteiger partial charge in [-0.1, -0.05) is 29.3 Å². The van der Waals surface area contributed by atoms with Crippen LogP contribution in [0.5, 0.6) is 0 Å². The zero-order valence-electron chi connectivity index (χ0n) is 12.6. The van der Waals surface area contributed by atoms with E-state index < -0.39 is 11.5 Å². The van der Waals surface area contributed by atoms with Crippen LogP contribution in [0, 0.1) is 12.7 Å². The van der Waals surface area contributed by atoms with Crippen LogP contribution in [0.2, 0.25) is 10.0 Å². The van der Waals surface area contributed by atoms with E-state index in [1.165, 1.54) is 10.7 Å². The Hall–Kier alpha value is -2.15. The van der Waals surface area contributed by atoms with Crippen LogP contribution in [0.3, 0.4) is 0 Å². The molecule has 0 saturated heterocycles. The van der Waals surface area contributed by atoms with Crippen molar-refractivity contribution in [2.75, 3.05) is 0 Å². The van der Waals surface area contributed by atoms with Crippen LogP contribution < -0.4 is 11.4 Å². The second kappa shape index (κ2) is 6.39. The van der Waals surface area contributed by atoms with Gasteiger partial charge in [0.1, 0.15) is 5.82 Å². The van der Waals surface area contributed by atoms with E-state index in [1.54, 1.807) is 18.2 Å². The van der Waals surface area contributed by atoms with Gasteiger partial charge < -0.3 is 5.73 Å². The van der Waals surface area contributed by atoms with Gasteiger partial charge in [0, 0.05) is 22.7 Å². The Kier molecular flexibility index (Phi) is 4.45. The standard InChI is InChI=1S/C16H13Cl2FN4O/c1-8-2-3-10(5-12(8)17)23-16(24)21-15(22-23)11-4-9(7-20)14(19)6-13(11)18/h2-6H,7,20H2,1H3,(H,21,22,24). The Morgan fingerprint density at radius 3 is 2.67 bits per heavy atom. The molecule has 3 rings (SSSR count). The molecule has 0 amide bonds. The lowest BCUT2D eigenvalue weighted by Gasteiger charge is -2.05. The van der Waals surface area contributed by atoms with Crippen LogP contribution >= 0.6 is 23.2 Å². The molecule has 0 radical (unpaired) electrons. The van der Waals surface area contributed by atoms with Crippen molar-refractivity contribution in [2.24, 2.45) is 5.73 Å². The minimum absolute atomic E-state index is 0.00845. The van der Waals surface area contributed by atoms with Gasteiger partial charge in [0.05, 0.1) is 10.7 Å². The second-order valence-corrected chi connectivity index (χ2v) is 6.07. The van der Waals surface area contributed by atoms with E-state index >= 15 is 0 Å². The summed E-state index contributed by atoms with van der Waals surface area (Å²) in [6, 6.07) is 7.78. The molecule has 0 aliphatic carbocycles. The van der Waals surface area contributed by atoms with Gasteiger partial charge in [-0.3, -0.25) is 4.98 Å². The number of halogens is 3. The molecular formula is C16H13Cl2FN4O. The molecule has 0 aliphatic heterocycles. The Morgan fingerprint density at radius 2 is 2.00 bits per heavy atom. The number of aryl methyl sites for hydroxylation is 1. The Morgan fingerprint density at radius 1 is 1.25 bits per heavy atom. The lowest BCUT2D eigenvalue weighted by atomic mass is 10.1. The van der Waals surface area contributed by atoms with Crippen molar-refractivity contribution in [1.82, 2.24) is 14.8 Å². The highest BCUT2D eigenvalue weighted by Gasteiger charge is 2.15. The molecule has 3 N–H and O–H groups in total. The lowest BCUT2D eigenvalue weighted by molar-refractivity contribution is 0.611. The molecule has 124 valence electrons. The SMILES string of the molecule is Cc1ccc(-n2nc(-c3cc(CN)c(F)cc3Cl)[nH]c2=O)cc1Cl. The molecule has 1 heterocycles. The maximum Gasteiger partial charge on any atom is 0.348 e. The topological polar surface area (TPSA) is 76.7 Å². The van der Waals surface area contributed by atoms with Gasteiger partial charge in [0.2, 0.25) is 0 Å². The van der Waals surface area contributed by atoms with Crippen LogP contribution in [-0.2, 0) is 6.54 Å². The summed E-state index contributed by atoms with van der Waals surface area (Å²) in [6.07, 6.45) is 0. The van der Waals surface area contributed by atoms with Crippen molar-refractivity contribution >= 4 is 23.2 Å². The summed E-state index contributed by atoms with van der Waals surface area (Å²) < 4.78 is 14.9. The van der Waals surface area contributed by atoms with E-state index in [4.69, 9.17) is 28.9 Å². The molecule has 0 fully saturated rings. The number of benzene rings is 2. The quantitative estimate of drug-likeness (QED) is 0.745. The third-order valence-electron chi connectivity index (χ3n) is 3.63. The van der Waals surface area contributed by atoms with Crippen molar-refractivity contribution in [3.05, 3.63) is 67.8 Å². The second-order valence-electron chi connectivity index (χ2n) is 5.25. The van der Waals surface area contributed by atoms with Crippen LogP contribution in [0.25, 0.3) is 17.1 Å². The Balaban J connectivity index is 2.13. The van der Waals surface area contributed by atoms with Crippen molar-refractivity contribution in [3.8, 4) is 17.1 Å². The summed E-state index contributed by atoms with van der Waals surface area (Å²) in [5, 5.41) is 4.88. The lowest BCUT2D eigenvalue weighted by Crippen LogP contribution is -2.15. The molecule has 0 spiro atoms. The van der Waals surface area contributed by atoms with Crippen LogP contribution in [-0.4, -0.2) is 14.8 Å². The van der Waals surface area contributed by atoms with Gasteiger partial charge in [-0.2, -0.15) is 4.68 Å². The minimum atomic E-state index is -0.502. The monoisotopic (exact) mass is 366 g/mol. The average Bonchev–Trinajstić information content (AvgIpc) is 2.92. The molecule has 1 aromatic heterocycles. The maximum absolute atomic E-state index is 13.7. The predicted octanol–water partition coefficient (Wildman–Crippen LogP) is 3.44. The number of nitrogens with zero attached hydrogens (tertiary/aromatic N) is 2. The van der Waals surface area contributed by atoms with E-state index in [2.05, 4.69) is 10.1 Å². The first-order chi connectivity index (χ1) is 11.4. The molecule has 2 aromatic carbocycles. The molecule has 8 heteroatoms. The fourth-order valence-electron chi connectivity index (χ4n) is 2.27. The van der Waals surface area contributed by atoms with Gasteiger partial charge in [-0.05, 0) is 36.8 Å². The molecule has 5 nitrogen and oxygen atoms in total. The van der Waals surface area contributed by atoms with Crippen molar-refractivity contribution in [3.63, 3.8) is 0 Å². The minimum Gasteiger partial charge on any atom is -0.326 e. The highest BCUT2D eigenvalue weighted by Crippen LogP contribution is 2.28. The van der Waals surface area contributed by atoms with Gasteiger partial charge >= 0.3 is 5.69 Å². The maximum atomic E-state index is 13.7. The van der Waals surface area contributed by atoms with Crippen LogP contribution in [0.15, 0.2) is 35.1 Å². The Bertz CT molecular complexity index is 981. The largest absolute Gasteiger partial charge is 0.348 e. The number of aromatic amines is 1. The third-order valence-corrected chi connectivity index (χ3v) is 4.35. The first kappa shape index (κ1) is 16.7. The van der Waals surface area contributed by atoms with E-state index in [-0.39, 0.29) is 23.0 Å². The van der Waals surface area contributed by atoms with Crippen LogP contribution in [0.4, 0.5) is 4.39 Å². The number of H-pyrrole nitrogens is 1. The van der Waals surface area contributed by atoms with Gasteiger partial charge in [-0.15, -0.1) is 5.10 Å². The van der Waals surface area contributed by atoms with E-state index in [9.17, 15) is 9.18 Å². The van der Waals surface area contributed by atoms with E-state index in [0.29, 0.717) is 16.3 Å². The number of hydrogen-bond donors (Lipinski definition) is 2. The third kappa shape index (κ3) is 2.96. The highest BCUT2D eigenvalue weighted by molar-refractivity contribution is 6.33. The summed E-state index contributed by atoms with van der Waals surface area (Å²) in [6.45, 7) is 1.87. The van der Waals surface area contributed by atoms with Crippen molar-refractivity contribution in [2.45, 2.75) is 13.5 Å². The van der Waals surface area contributed by atoms with E-state index in [1.807, 2.05) is 6.92 Å². The molecule has 0 aliphatic rings. The fraction of sp³-hybridized carbons (Fsp3) is 0.125. The summed E-state index contributed by atoms with van der Waals surface area (Å²) in [4.78, 5) is 14.8. The van der Waals surface area contributed by atoms with Gasteiger partial charge in [-0.25, -0.2) is 9.18 Å². The van der Waals surface area contributed by atoms with Crippen LogP contribution in [0.1, 0.15) is 11.1 Å². The van der Waals surface area contributed by atoms with Gasteiger partial charge in [0.25, 0.3) is 0 Å². The first-order valence-electron chi connectivity index (χ1n) is 7.05. The number of nitrogens with one attached hydrogen (secondary N) is 1. The molecule has 0 bridgehead atoms. The first-order valence-corrected chi connectivity index (χ1v) is 7.80. The molecule has 0 unspecified atom stereocenters. The number of hydrogen-bond acceptors (Lipinski definition) is 3. The predicted molar refractivity (Wildman–Crippen MR) is 92.2 cm³/mol. The number of aromatic nitrogens is 3. The van der Waals surface area contributed by atoms with Crippen molar-refractivity contribution in [1.29, 1.82) is 0 Å².